The minimum Gasteiger partial charge on any atom is -0.490 e. The van der Waals surface area contributed by atoms with Crippen LogP contribution < -0.4 is 4.74 Å². The Morgan fingerprint density at radius 2 is 1.95 bits per heavy atom. The Morgan fingerprint density at radius 1 is 1.21 bits per heavy atom. The Kier molecular flexibility index (Phi) is 3.48. The molecule has 1 fully saturated rings. The second-order valence-electron chi connectivity index (χ2n) is 5.66. The van der Waals surface area contributed by atoms with Crippen molar-refractivity contribution in [3.8, 4) is 5.75 Å². The third-order valence-electron chi connectivity index (χ3n) is 4.26. The summed E-state index contributed by atoms with van der Waals surface area (Å²) >= 11 is 0. The number of rotatable bonds is 1. The fourth-order valence-corrected chi connectivity index (χ4v) is 3.11. The van der Waals surface area contributed by atoms with Crippen molar-refractivity contribution in [2.45, 2.75) is 19.1 Å². The second-order valence-corrected chi connectivity index (χ2v) is 5.66. The van der Waals surface area contributed by atoms with Crippen molar-refractivity contribution in [1.29, 1.82) is 0 Å². The maximum absolute atomic E-state index is 10.3. The first kappa shape index (κ1) is 12.9. The van der Waals surface area contributed by atoms with Gasteiger partial charge in [-0.25, -0.2) is 0 Å². The molecule has 0 amide bonds. The van der Waals surface area contributed by atoms with Crippen molar-refractivity contribution >= 4 is 0 Å². The van der Waals surface area contributed by atoms with Crippen molar-refractivity contribution < 1.29 is 9.84 Å². The van der Waals surface area contributed by atoms with Gasteiger partial charge in [-0.2, -0.15) is 0 Å². The lowest BCUT2D eigenvalue weighted by Crippen LogP contribution is -2.50. The number of aryl methyl sites for hydroxylation is 1. The number of piperazine rings is 1. The van der Waals surface area contributed by atoms with E-state index in [2.05, 4.69) is 42.0 Å². The summed E-state index contributed by atoms with van der Waals surface area (Å²) < 4.78 is 5.72. The number of benzene rings is 1. The van der Waals surface area contributed by atoms with Gasteiger partial charge in [0, 0.05) is 31.7 Å². The van der Waals surface area contributed by atoms with Gasteiger partial charge >= 0.3 is 0 Å². The first-order chi connectivity index (χ1) is 9.16. The van der Waals surface area contributed by atoms with Crippen LogP contribution in [-0.4, -0.2) is 60.8 Å². The van der Waals surface area contributed by atoms with E-state index in [1.807, 2.05) is 0 Å². The number of aliphatic hydroxyl groups excluding tert-OH is 1. The van der Waals surface area contributed by atoms with E-state index in [9.17, 15) is 5.11 Å². The monoisotopic (exact) mass is 262 g/mol. The van der Waals surface area contributed by atoms with Crippen LogP contribution >= 0.6 is 0 Å². The van der Waals surface area contributed by atoms with Crippen LogP contribution in [0.25, 0.3) is 0 Å². The smallest absolute Gasteiger partial charge is 0.127 e. The van der Waals surface area contributed by atoms with Gasteiger partial charge in [0.05, 0.1) is 6.04 Å². The van der Waals surface area contributed by atoms with Gasteiger partial charge in [-0.3, -0.25) is 4.90 Å². The van der Waals surface area contributed by atoms with Crippen LogP contribution in [0.2, 0.25) is 0 Å². The van der Waals surface area contributed by atoms with Crippen LogP contribution in [-0.2, 0) is 0 Å². The maximum atomic E-state index is 10.3. The van der Waals surface area contributed by atoms with Gasteiger partial charge in [0.25, 0.3) is 0 Å². The summed E-state index contributed by atoms with van der Waals surface area (Å²) in [4.78, 5) is 4.73. The molecule has 2 heterocycles. The van der Waals surface area contributed by atoms with E-state index in [1.165, 1.54) is 0 Å². The molecule has 4 nitrogen and oxygen atoms in total. The Hall–Kier alpha value is -1.10. The molecule has 4 heteroatoms. The van der Waals surface area contributed by atoms with Crippen LogP contribution in [0.4, 0.5) is 0 Å². The standard InChI is InChI=1S/C15H22N2O2/c1-11-4-3-5-12-14(13(18)10-19-15(11)12)17-8-6-16(2)7-9-17/h3-5,13-14,18H,6-10H2,1-2H3. The first-order valence-electron chi connectivity index (χ1n) is 7.00. The van der Waals surface area contributed by atoms with E-state index in [0.29, 0.717) is 6.61 Å². The lowest BCUT2D eigenvalue weighted by Gasteiger charge is -2.42. The Morgan fingerprint density at radius 3 is 2.68 bits per heavy atom. The Labute approximate surface area is 114 Å². The molecule has 2 unspecified atom stereocenters. The molecule has 0 aromatic heterocycles. The highest BCUT2D eigenvalue weighted by molar-refractivity contribution is 5.44. The van der Waals surface area contributed by atoms with Gasteiger partial charge in [0.1, 0.15) is 18.5 Å². The van der Waals surface area contributed by atoms with Crippen LogP contribution in [0.5, 0.6) is 5.75 Å². The highest BCUT2D eigenvalue weighted by Crippen LogP contribution is 2.38. The molecule has 19 heavy (non-hydrogen) atoms. The van der Waals surface area contributed by atoms with Gasteiger partial charge in [-0.05, 0) is 19.5 Å². The minimum atomic E-state index is -0.433. The summed E-state index contributed by atoms with van der Waals surface area (Å²) in [6.07, 6.45) is -0.433. The molecule has 2 aliphatic heterocycles. The predicted molar refractivity (Wildman–Crippen MR) is 74.5 cm³/mol. The third kappa shape index (κ3) is 2.36. The first-order valence-corrected chi connectivity index (χ1v) is 7.00. The molecular formula is C15H22N2O2. The molecule has 1 N–H and O–H groups in total. The molecule has 0 aliphatic carbocycles. The van der Waals surface area contributed by atoms with Crippen molar-refractivity contribution in [3.05, 3.63) is 29.3 Å². The summed E-state index contributed by atoms with van der Waals surface area (Å²) in [7, 11) is 2.15. The van der Waals surface area contributed by atoms with Crippen molar-refractivity contribution in [2.24, 2.45) is 0 Å². The van der Waals surface area contributed by atoms with E-state index in [-0.39, 0.29) is 6.04 Å². The minimum absolute atomic E-state index is 0.0809. The number of ether oxygens (including phenoxy) is 1. The van der Waals surface area contributed by atoms with Crippen LogP contribution in [0.3, 0.4) is 0 Å². The zero-order valence-corrected chi connectivity index (χ0v) is 11.7. The molecule has 104 valence electrons. The van der Waals surface area contributed by atoms with E-state index < -0.39 is 6.10 Å². The highest BCUT2D eigenvalue weighted by atomic mass is 16.5. The van der Waals surface area contributed by atoms with Gasteiger partial charge in [-0.15, -0.1) is 0 Å². The maximum Gasteiger partial charge on any atom is 0.127 e. The summed E-state index contributed by atoms with van der Waals surface area (Å²) in [5.41, 5.74) is 2.30. The second kappa shape index (κ2) is 5.12. The van der Waals surface area contributed by atoms with E-state index in [1.54, 1.807) is 0 Å². The van der Waals surface area contributed by atoms with Gasteiger partial charge in [0.2, 0.25) is 0 Å². The van der Waals surface area contributed by atoms with Gasteiger partial charge in [-0.1, -0.05) is 18.2 Å². The zero-order valence-electron chi connectivity index (χ0n) is 11.7. The molecule has 0 bridgehead atoms. The third-order valence-corrected chi connectivity index (χ3v) is 4.26. The highest BCUT2D eigenvalue weighted by Gasteiger charge is 2.35. The number of likely N-dealkylation sites (N-methyl/N-ethyl adjacent to an activating group) is 1. The number of hydrogen-bond acceptors (Lipinski definition) is 4. The molecule has 3 rings (SSSR count). The van der Waals surface area contributed by atoms with E-state index in [4.69, 9.17) is 4.74 Å². The number of hydrogen-bond donors (Lipinski definition) is 1. The lowest BCUT2D eigenvalue weighted by molar-refractivity contribution is -0.0155. The predicted octanol–water partition coefficient (Wildman–Crippen LogP) is 1.04. The molecule has 1 aromatic rings. The largest absolute Gasteiger partial charge is 0.490 e. The quantitative estimate of drug-likeness (QED) is 0.820. The average Bonchev–Trinajstić information content (AvgIpc) is 2.40. The van der Waals surface area contributed by atoms with Crippen LogP contribution in [0, 0.1) is 6.92 Å². The fraction of sp³-hybridized carbons (Fsp3) is 0.600. The van der Waals surface area contributed by atoms with Crippen molar-refractivity contribution in [2.75, 3.05) is 39.8 Å². The van der Waals surface area contributed by atoms with Crippen molar-refractivity contribution in [3.63, 3.8) is 0 Å². The number of aliphatic hydroxyl groups is 1. The number of para-hydroxylation sites is 1. The van der Waals surface area contributed by atoms with Crippen LogP contribution in [0.15, 0.2) is 18.2 Å². The molecule has 2 atom stereocenters. The fourth-order valence-electron chi connectivity index (χ4n) is 3.11. The molecule has 1 aromatic carbocycles. The molecule has 0 spiro atoms. The summed E-state index contributed by atoms with van der Waals surface area (Å²) in [6.45, 7) is 6.60. The molecule has 2 aliphatic rings. The zero-order chi connectivity index (χ0) is 13.4. The normalized spacial score (nSPS) is 28.8. The van der Waals surface area contributed by atoms with E-state index >= 15 is 0 Å². The lowest BCUT2D eigenvalue weighted by atomic mass is 9.94. The molecule has 0 radical (unpaired) electrons. The topological polar surface area (TPSA) is 35.9 Å². The molecular weight excluding hydrogens is 240 g/mol. The number of nitrogens with zero attached hydrogens (tertiary/aromatic N) is 2. The summed E-state index contributed by atoms with van der Waals surface area (Å²) in [6, 6.07) is 6.29. The van der Waals surface area contributed by atoms with E-state index in [0.717, 1.165) is 43.1 Å². The Bertz CT molecular complexity index is 455. The Balaban J connectivity index is 1.91. The summed E-state index contributed by atoms with van der Waals surface area (Å²) in [5.74, 6) is 0.969. The molecule has 1 saturated heterocycles. The van der Waals surface area contributed by atoms with Crippen LogP contribution in [0.1, 0.15) is 17.2 Å². The molecule has 0 saturated carbocycles. The summed E-state index contributed by atoms with van der Waals surface area (Å²) in [5, 5.41) is 10.3. The van der Waals surface area contributed by atoms with Crippen molar-refractivity contribution in [1.82, 2.24) is 9.80 Å². The SMILES string of the molecule is Cc1cccc2c1OCC(O)C2N1CCN(C)CC1. The number of fused-ring (bicyclic) bond motifs is 1. The average molecular weight is 262 g/mol. The van der Waals surface area contributed by atoms with Gasteiger partial charge < -0.3 is 14.7 Å². The van der Waals surface area contributed by atoms with Gasteiger partial charge in [0.15, 0.2) is 0 Å².